The van der Waals surface area contributed by atoms with Gasteiger partial charge in [-0.1, -0.05) is 35.3 Å². The molecule has 168 valence electrons. The SMILES string of the molecule is COc1c(Cl)cc(/C(O)=C2\C(=O)C(=O)N(c3cc(C)cc(C)c3)C2c2cccnc2)cc1Cl. The van der Waals surface area contributed by atoms with Gasteiger partial charge in [-0.2, -0.15) is 0 Å². The van der Waals surface area contributed by atoms with Gasteiger partial charge in [0.05, 0.1) is 28.8 Å². The molecule has 3 aromatic rings. The van der Waals surface area contributed by atoms with Crippen LogP contribution in [0, 0.1) is 13.8 Å². The number of ether oxygens (including phenoxy) is 1. The topological polar surface area (TPSA) is 79.7 Å². The molecule has 0 radical (unpaired) electrons. The highest BCUT2D eigenvalue weighted by Gasteiger charge is 2.47. The molecule has 1 atom stereocenters. The number of aryl methyl sites for hydroxylation is 2. The van der Waals surface area contributed by atoms with Gasteiger partial charge in [-0.15, -0.1) is 0 Å². The normalized spacial score (nSPS) is 17.5. The van der Waals surface area contributed by atoms with Crippen molar-refractivity contribution in [1.82, 2.24) is 4.98 Å². The molecule has 4 rings (SSSR count). The van der Waals surface area contributed by atoms with Gasteiger partial charge >= 0.3 is 0 Å². The van der Waals surface area contributed by atoms with Gasteiger partial charge in [0.2, 0.25) is 0 Å². The third-order valence-electron chi connectivity index (χ3n) is 5.41. The molecule has 1 amide bonds. The van der Waals surface area contributed by atoms with Gasteiger partial charge in [0, 0.05) is 23.6 Å². The highest BCUT2D eigenvalue weighted by molar-refractivity contribution is 6.51. The molecule has 1 fully saturated rings. The van der Waals surface area contributed by atoms with E-state index in [9.17, 15) is 14.7 Å². The molecule has 2 heterocycles. The fraction of sp³-hybridized carbons (Fsp3) is 0.160. The van der Waals surface area contributed by atoms with E-state index in [1.165, 1.54) is 24.1 Å². The molecule has 0 saturated carbocycles. The number of hydrogen-bond acceptors (Lipinski definition) is 5. The van der Waals surface area contributed by atoms with E-state index in [2.05, 4.69) is 4.98 Å². The fourth-order valence-corrected chi connectivity index (χ4v) is 4.73. The van der Waals surface area contributed by atoms with Crippen LogP contribution in [0.1, 0.15) is 28.3 Å². The van der Waals surface area contributed by atoms with Crippen molar-refractivity contribution in [1.29, 1.82) is 0 Å². The van der Waals surface area contributed by atoms with E-state index in [0.717, 1.165) is 11.1 Å². The lowest BCUT2D eigenvalue weighted by Crippen LogP contribution is -2.29. The average Bonchev–Trinajstić information content (AvgIpc) is 3.03. The van der Waals surface area contributed by atoms with Crippen molar-refractivity contribution in [3.63, 3.8) is 0 Å². The molecule has 1 N–H and O–H groups in total. The molecule has 33 heavy (non-hydrogen) atoms. The molecule has 0 spiro atoms. The number of methoxy groups -OCH3 is 1. The first-order valence-electron chi connectivity index (χ1n) is 10.1. The van der Waals surface area contributed by atoms with E-state index in [4.69, 9.17) is 27.9 Å². The Morgan fingerprint density at radius 3 is 2.24 bits per heavy atom. The second-order valence-corrected chi connectivity index (χ2v) is 8.59. The largest absolute Gasteiger partial charge is 0.507 e. The zero-order valence-corrected chi connectivity index (χ0v) is 19.6. The van der Waals surface area contributed by atoms with Crippen molar-refractivity contribution in [2.75, 3.05) is 12.0 Å². The van der Waals surface area contributed by atoms with Crippen molar-refractivity contribution in [3.05, 3.63) is 92.7 Å². The van der Waals surface area contributed by atoms with E-state index in [1.54, 1.807) is 24.5 Å². The third kappa shape index (κ3) is 4.08. The Morgan fingerprint density at radius 2 is 1.70 bits per heavy atom. The molecule has 6 nitrogen and oxygen atoms in total. The lowest BCUT2D eigenvalue weighted by Gasteiger charge is -2.26. The summed E-state index contributed by atoms with van der Waals surface area (Å²) in [6, 6.07) is 11.1. The molecule has 2 aromatic carbocycles. The Hall–Kier alpha value is -3.35. The van der Waals surface area contributed by atoms with Gasteiger partial charge < -0.3 is 9.84 Å². The smallest absolute Gasteiger partial charge is 0.300 e. The van der Waals surface area contributed by atoms with Crippen molar-refractivity contribution >= 4 is 46.3 Å². The summed E-state index contributed by atoms with van der Waals surface area (Å²) >= 11 is 12.5. The summed E-state index contributed by atoms with van der Waals surface area (Å²) in [5.74, 6) is -1.71. The van der Waals surface area contributed by atoms with E-state index in [0.29, 0.717) is 11.3 Å². The van der Waals surface area contributed by atoms with E-state index in [-0.39, 0.29) is 32.7 Å². The number of halogens is 2. The summed E-state index contributed by atoms with van der Waals surface area (Å²) in [5, 5.41) is 11.5. The van der Waals surface area contributed by atoms with Crippen LogP contribution in [0.3, 0.4) is 0 Å². The summed E-state index contributed by atoms with van der Waals surface area (Å²) in [6.45, 7) is 3.82. The molecule has 0 aliphatic carbocycles. The molecular weight excluding hydrogens is 463 g/mol. The molecule has 1 saturated heterocycles. The highest BCUT2D eigenvalue weighted by atomic mass is 35.5. The number of rotatable bonds is 4. The number of anilines is 1. The van der Waals surface area contributed by atoms with Gasteiger partial charge in [0.1, 0.15) is 5.76 Å². The van der Waals surface area contributed by atoms with Gasteiger partial charge in [-0.25, -0.2) is 0 Å². The van der Waals surface area contributed by atoms with Crippen molar-refractivity contribution < 1.29 is 19.4 Å². The van der Waals surface area contributed by atoms with Gasteiger partial charge in [0.15, 0.2) is 5.75 Å². The molecule has 1 aromatic heterocycles. The average molecular weight is 483 g/mol. The van der Waals surface area contributed by atoms with Crippen LogP contribution in [0.15, 0.2) is 60.4 Å². The summed E-state index contributed by atoms with van der Waals surface area (Å²) < 4.78 is 5.16. The second kappa shape index (κ2) is 8.89. The molecule has 1 aliphatic heterocycles. The number of aliphatic hydroxyl groups is 1. The predicted molar refractivity (Wildman–Crippen MR) is 128 cm³/mol. The number of Topliss-reactive ketones (excluding diaryl/α,β-unsaturated/α-hetero) is 1. The van der Waals surface area contributed by atoms with E-state index < -0.39 is 17.7 Å². The van der Waals surface area contributed by atoms with Crippen LogP contribution in [0.5, 0.6) is 5.75 Å². The number of hydrogen-bond donors (Lipinski definition) is 1. The number of aliphatic hydroxyl groups excluding tert-OH is 1. The molecule has 0 bridgehead atoms. The maximum Gasteiger partial charge on any atom is 0.300 e. The van der Waals surface area contributed by atoms with Crippen LogP contribution in [-0.2, 0) is 9.59 Å². The van der Waals surface area contributed by atoms with E-state index in [1.807, 2.05) is 32.0 Å². The van der Waals surface area contributed by atoms with Crippen molar-refractivity contribution in [3.8, 4) is 5.75 Å². The zero-order chi connectivity index (χ0) is 23.9. The number of nitrogens with zero attached hydrogens (tertiary/aromatic N) is 2. The number of benzene rings is 2. The summed E-state index contributed by atoms with van der Waals surface area (Å²) in [6.07, 6.45) is 3.16. The second-order valence-electron chi connectivity index (χ2n) is 7.77. The standard InChI is InChI=1S/C25H20Cl2N2O4/c1-13-7-14(2)9-17(8-13)29-21(15-5-4-6-28-12-15)20(23(31)25(29)32)22(30)16-10-18(26)24(33-3)19(27)11-16/h4-12,21,30H,1-3H3/b22-20+. The maximum atomic E-state index is 13.2. The van der Waals surface area contributed by atoms with Crippen molar-refractivity contribution in [2.45, 2.75) is 19.9 Å². The monoisotopic (exact) mass is 482 g/mol. The zero-order valence-electron chi connectivity index (χ0n) is 18.1. The minimum atomic E-state index is -0.889. The lowest BCUT2D eigenvalue weighted by atomic mass is 9.96. The first-order chi connectivity index (χ1) is 15.7. The van der Waals surface area contributed by atoms with Gasteiger partial charge in [-0.05, 0) is 60.9 Å². The molecule has 1 aliphatic rings. The quantitative estimate of drug-likeness (QED) is 0.295. The van der Waals surface area contributed by atoms with Crippen LogP contribution < -0.4 is 9.64 Å². The van der Waals surface area contributed by atoms with E-state index >= 15 is 0 Å². The van der Waals surface area contributed by atoms with Crippen LogP contribution in [0.4, 0.5) is 5.69 Å². The van der Waals surface area contributed by atoms with Crippen LogP contribution in [0.2, 0.25) is 10.0 Å². The van der Waals surface area contributed by atoms with Crippen molar-refractivity contribution in [2.24, 2.45) is 0 Å². The first kappa shape index (κ1) is 22.8. The Kier molecular flexibility index (Phi) is 6.15. The Labute approximate surface area is 201 Å². The summed E-state index contributed by atoms with van der Waals surface area (Å²) in [4.78, 5) is 32.0. The number of amides is 1. The van der Waals surface area contributed by atoms with Gasteiger partial charge in [-0.3, -0.25) is 19.5 Å². The predicted octanol–water partition coefficient (Wildman–Crippen LogP) is 5.64. The Morgan fingerprint density at radius 1 is 1.06 bits per heavy atom. The molecule has 8 heteroatoms. The molecular formula is C25H20Cl2N2O4. The Bertz CT molecular complexity index is 1260. The summed E-state index contributed by atoms with van der Waals surface area (Å²) in [7, 11) is 1.42. The lowest BCUT2D eigenvalue weighted by molar-refractivity contribution is -0.132. The third-order valence-corrected chi connectivity index (χ3v) is 5.97. The first-order valence-corrected chi connectivity index (χ1v) is 10.8. The number of ketones is 1. The fourth-order valence-electron chi connectivity index (χ4n) is 4.09. The number of carbonyl (C=O) groups is 2. The molecule has 1 unspecified atom stereocenters. The van der Waals surface area contributed by atoms with Crippen LogP contribution in [0.25, 0.3) is 5.76 Å². The summed E-state index contributed by atoms with van der Waals surface area (Å²) in [5.41, 5.74) is 3.11. The van der Waals surface area contributed by atoms with Crippen LogP contribution in [-0.4, -0.2) is 28.9 Å². The minimum Gasteiger partial charge on any atom is -0.507 e. The number of carbonyl (C=O) groups excluding carboxylic acids is 2. The highest BCUT2D eigenvalue weighted by Crippen LogP contribution is 2.43. The Balaban J connectivity index is 1.97. The maximum absolute atomic E-state index is 13.2. The number of pyridine rings is 1. The van der Waals surface area contributed by atoms with Gasteiger partial charge in [0.25, 0.3) is 11.7 Å². The van der Waals surface area contributed by atoms with Crippen LogP contribution >= 0.6 is 23.2 Å². The minimum absolute atomic E-state index is 0.0792. The number of aromatic nitrogens is 1.